The molecule has 1 aromatic heterocycles. The Bertz CT molecular complexity index is 792. The Morgan fingerprint density at radius 2 is 1.54 bits per heavy atom. The van der Waals surface area contributed by atoms with E-state index >= 15 is 0 Å². The highest BCUT2D eigenvalue weighted by Gasteiger charge is 2.30. The van der Waals surface area contributed by atoms with Crippen LogP contribution in [-0.4, -0.2) is 11.9 Å². The van der Waals surface area contributed by atoms with E-state index in [4.69, 9.17) is 4.42 Å². The van der Waals surface area contributed by atoms with Gasteiger partial charge in [-0.05, 0) is 19.8 Å². The van der Waals surface area contributed by atoms with Crippen LogP contribution in [0, 0.1) is 30.2 Å². The molecule has 1 aliphatic carbocycles. The fraction of sp³-hybridized carbons (Fsp3) is 0.471. The molecule has 3 rings (SSSR count). The van der Waals surface area contributed by atoms with Crippen molar-refractivity contribution in [2.75, 3.05) is 0 Å². The molecule has 2 aromatic rings. The number of benzene rings is 1. The molecule has 0 radical (unpaired) electrons. The second-order valence-electron chi connectivity index (χ2n) is 6.16. The van der Waals surface area contributed by atoms with Crippen molar-refractivity contribution in [3.05, 3.63) is 34.6 Å². The molecule has 0 aliphatic heterocycles. The van der Waals surface area contributed by atoms with Gasteiger partial charge in [-0.15, -0.1) is 0 Å². The summed E-state index contributed by atoms with van der Waals surface area (Å²) in [6.45, 7) is 1.33. The summed E-state index contributed by atoms with van der Waals surface area (Å²) in [4.78, 5) is 12.5. The molecule has 1 aliphatic rings. The molecule has 1 heterocycles. The first-order valence-corrected chi connectivity index (χ1v) is 7.97. The second-order valence-corrected chi connectivity index (χ2v) is 6.16. The summed E-state index contributed by atoms with van der Waals surface area (Å²) in [5, 5.41) is 2.11. The van der Waals surface area contributed by atoms with Crippen molar-refractivity contribution in [2.45, 2.75) is 51.5 Å². The number of carbonyl (C=O) groups is 1. The Balaban J connectivity index is 2.02. The van der Waals surface area contributed by atoms with Gasteiger partial charge in [-0.1, -0.05) is 25.7 Å². The molecule has 1 amide bonds. The van der Waals surface area contributed by atoms with E-state index in [-0.39, 0.29) is 17.4 Å². The Morgan fingerprint density at radius 1 is 0.958 bits per heavy atom. The predicted octanol–water partition coefficient (Wildman–Crippen LogP) is 4.75. The number of carbonyl (C=O) groups excluding carboxylic acids is 1. The average molecular weight is 343 g/mol. The van der Waals surface area contributed by atoms with Gasteiger partial charge in [-0.25, -0.2) is 13.2 Å². The van der Waals surface area contributed by atoms with Crippen LogP contribution in [0.25, 0.3) is 11.0 Å². The molecule has 7 heteroatoms. The number of hydrogen-bond donors (Lipinski definition) is 1. The second kappa shape index (κ2) is 6.45. The fourth-order valence-corrected chi connectivity index (χ4v) is 3.27. The third-order valence-electron chi connectivity index (χ3n) is 4.50. The summed E-state index contributed by atoms with van der Waals surface area (Å²) in [7, 11) is 0. The first-order chi connectivity index (χ1) is 11.4. The predicted molar refractivity (Wildman–Crippen MR) is 79.7 cm³/mol. The standard InChI is InChI=1S/C17H17F4NO2/c1-8-10(17(23)22-9-6-4-2-3-5-7-9)11-12(18)13(19)14(20)15(21)16(11)24-8/h9H,2-7H2,1H3,(H,22,23). The van der Waals surface area contributed by atoms with Crippen molar-refractivity contribution in [2.24, 2.45) is 0 Å². The minimum Gasteiger partial charge on any atom is -0.457 e. The normalized spacial score (nSPS) is 16.4. The highest BCUT2D eigenvalue weighted by atomic mass is 19.2. The van der Waals surface area contributed by atoms with Crippen LogP contribution in [0.15, 0.2) is 4.42 Å². The maximum atomic E-state index is 14.1. The Morgan fingerprint density at radius 3 is 2.17 bits per heavy atom. The topological polar surface area (TPSA) is 42.2 Å². The average Bonchev–Trinajstić information content (AvgIpc) is 2.72. The van der Waals surface area contributed by atoms with E-state index in [2.05, 4.69) is 5.32 Å². The molecule has 0 atom stereocenters. The lowest BCUT2D eigenvalue weighted by Crippen LogP contribution is -2.34. The summed E-state index contributed by atoms with van der Waals surface area (Å²) in [5.41, 5.74) is -1.07. The van der Waals surface area contributed by atoms with Gasteiger partial charge in [-0.2, -0.15) is 4.39 Å². The smallest absolute Gasteiger partial charge is 0.255 e. The van der Waals surface area contributed by atoms with Gasteiger partial charge in [0, 0.05) is 6.04 Å². The van der Waals surface area contributed by atoms with E-state index in [0.29, 0.717) is 0 Å². The van der Waals surface area contributed by atoms with E-state index in [9.17, 15) is 22.4 Å². The summed E-state index contributed by atoms with van der Waals surface area (Å²) >= 11 is 0. The van der Waals surface area contributed by atoms with E-state index in [0.717, 1.165) is 38.5 Å². The van der Waals surface area contributed by atoms with Gasteiger partial charge in [0.15, 0.2) is 17.2 Å². The van der Waals surface area contributed by atoms with Crippen LogP contribution in [0.1, 0.15) is 54.6 Å². The Labute approximate surface area is 136 Å². The quantitative estimate of drug-likeness (QED) is 0.370. The van der Waals surface area contributed by atoms with Gasteiger partial charge in [0.25, 0.3) is 5.91 Å². The minimum absolute atomic E-state index is 0.0810. The van der Waals surface area contributed by atoms with E-state index < -0.39 is 40.1 Å². The molecule has 0 bridgehead atoms. The number of aryl methyl sites for hydroxylation is 1. The van der Waals surface area contributed by atoms with Gasteiger partial charge in [0.2, 0.25) is 11.6 Å². The van der Waals surface area contributed by atoms with E-state index in [1.54, 1.807) is 0 Å². The number of hydrogen-bond acceptors (Lipinski definition) is 2. The molecular weight excluding hydrogens is 326 g/mol. The maximum absolute atomic E-state index is 14.1. The van der Waals surface area contributed by atoms with Crippen LogP contribution in [0.5, 0.6) is 0 Å². The number of furan rings is 1. The lowest BCUT2D eigenvalue weighted by atomic mass is 10.1. The van der Waals surface area contributed by atoms with Crippen LogP contribution in [0.3, 0.4) is 0 Å². The Hall–Kier alpha value is -2.05. The van der Waals surface area contributed by atoms with Gasteiger partial charge in [-0.3, -0.25) is 4.79 Å². The zero-order valence-electron chi connectivity index (χ0n) is 13.1. The van der Waals surface area contributed by atoms with Crippen LogP contribution in [-0.2, 0) is 0 Å². The van der Waals surface area contributed by atoms with Crippen LogP contribution in [0.4, 0.5) is 17.6 Å². The van der Waals surface area contributed by atoms with Gasteiger partial charge >= 0.3 is 0 Å². The highest BCUT2D eigenvalue weighted by Crippen LogP contribution is 2.33. The van der Waals surface area contributed by atoms with Crippen LogP contribution in [0.2, 0.25) is 0 Å². The minimum atomic E-state index is -1.95. The van der Waals surface area contributed by atoms with Crippen molar-refractivity contribution in [3.63, 3.8) is 0 Å². The number of amides is 1. The van der Waals surface area contributed by atoms with Crippen molar-refractivity contribution < 1.29 is 26.8 Å². The SMILES string of the molecule is Cc1oc2c(F)c(F)c(F)c(F)c2c1C(=O)NC1CCCCCC1. The molecule has 1 aromatic carbocycles. The molecule has 0 unspecified atom stereocenters. The zero-order valence-corrected chi connectivity index (χ0v) is 13.1. The van der Waals surface area contributed by atoms with Crippen molar-refractivity contribution in [1.82, 2.24) is 5.32 Å². The third kappa shape index (κ3) is 2.76. The monoisotopic (exact) mass is 343 g/mol. The molecule has 1 N–H and O–H groups in total. The van der Waals surface area contributed by atoms with Crippen molar-refractivity contribution >= 4 is 16.9 Å². The molecule has 3 nitrogen and oxygen atoms in total. The van der Waals surface area contributed by atoms with Crippen LogP contribution < -0.4 is 5.32 Å². The molecule has 24 heavy (non-hydrogen) atoms. The molecule has 0 spiro atoms. The van der Waals surface area contributed by atoms with E-state index in [1.165, 1.54) is 6.92 Å². The molecule has 1 saturated carbocycles. The summed E-state index contributed by atoms with van der Waals surface area (Å²) in [5.74, 6) is -7.91. The highest BCUT2D eigenvalue weighted by molar-refractivity contribution is 6.07. The van der Waals surface area contributed by atoms with Gasteiger partial charge < -0.3 is 9.73 Å². The van der Waals surface area contributed by atoms with Crippen molar-refractivity contribution in [3.8, 4) is 0 Å². The molecule has 0 saturated heterocycles. The molecular formula is C17H17F4NO2. The number of halogens is 4. The maximum Gasteiger partial charge on any atom is 0.255 e. The fourth-order valence-electron chi connectivity index (χ4n) is 3.27. The number of nitrogens with one attached hydrogen (secondary N) is 1. The summed E-state index contributed by atoms with van der Waals surface area (Å²) in [6, 6.07) is -0.0810. The van der Waals surface area contributed by atoms with Crippen LogP contribution >= 0.6 is 0 Å². The largest absolute Gasteiger partial charge is 0.457 e. The summed E-state index contributed by atoms with van der Waals surface area (Å²) < 4.78 is 59.7. The Kier molecular flexibility index (Phi) is 4.51. The number of fused-ring (bicyclic) bond motifs is 1. The molecule has 130 valence electrons. The molecule has 1 fully saturated rings. The van der Waals surface area contributed by atoms with Crippen molar-refractivity contribution in [1.29, 1.82) is 0 Å². The lowest BCUT2D eigenvalue weighted by molar-refractivity contribution is 0.0933. The van der Waals surface area contributed by atoms with Gasteiger partial charge in [0.1, 0.15) is 5.76 Å². The number of rotatable bonds is 2. The van der Waals surface area contributed by atoms with Gasteiger partial charge in [0.05, 0.1) is 10.9 Å². The first-order valence-electron chi connectivity index (χ1n) is 7.97. The first kappa shape index (κ1) is 16.8. The zero-order chi connectivity index (χ0) is 17.4. The third-order valence-corrected chi connectivity index (χ3v) is 4.50. The summed E-state index contributed by atoms with van der Waals surface area (Å²) in [6.07, 6.45) is 5.70. The van der Waals surface area contributed by atoms with E-state index in [1.807, 2.05) is 0 Å². The lowest BCUT2D eigenvalue weighted by Gasteiger charge is -2.16.